The average molecular weight is 265 g/mol. The Morgan fingerprint density at radius 1 is 0.941 bits per heavy atom. The Bertz CT molecular complexity index is 464. The van der Waals surface area contributed by atoms with Crippen molar-refractivity contribution in [1.82, 2.24) is 0 Å². The van der Waals surface area contributed by atoms with Crippen LogP contribution in [0, 0.1) is 0 Å². The molecule has 88 valence electrons. The van der Waals surface area contributed by atoms with Crippen molar-refractivity contribution >= 4 is 37.5 Å². The lowest BCUT2D eigenvalue weighted by Gasteiger charge is -2.13. The highest BCUT2D eigenvalue weighted by Crippen LogP contribution is 2.41. The topological polar surface area (TPSA) is 9.23 Å². The third-order valence-corrected chi connectivity index (χ3v) is 4.96. The number of rotatable bonds is 3. The number of halogens is 1. The molecule has 1 atom stereocenters. The van der Waals surface area contributed by atoms with E-state index in [-0.39, 0.29) is 8.41 Å². The molecule has 0 aromatic heterocycles. The summed E-state index contributed by atoms with van der Waals surface area (Å²) in [5.41, 5.74) is 0. The van der Waals surface area contributed by atoms with Gasteiger partial charge in [-0.1, -0.05) is 53.7 Å². The predicted octanol–water partition coefficient (Wildman–Crippen LogP) is 2.10. The number of benzene rings is 2. The molecular formula is C13H15BClOP. The Kier molecular flexibility index (Phi) is 5.54. The SMILES string of the molecule is B.COc1ccccc1P(Cl)c1ccccc1. The Balaban J connectivity index is 0.00000144. The lowest BCUT2D eigenvalue weighted by Crippen LogP contribution is -2.10. The smallest absolute Gasteiger partial charge is 0.128 e. The molecule has 0 aliphatic heterocycles. The van der Waals surface area contributed by atoms with Gasteiger partial charge < -0.3 is 4.74 Å². The third kappa shape index (κ3) is 3.25. The highest BCUT2D eigenvalue weighted by molar-refractivity contribution is 7.95. The highest BCUT2D eigenvalue weighted by atomic mass is 35.7. The van der Waals surface area contributed by atoms with Gasteiger partial charge in [-0.2, -0.15) is 0 Å². The van der Waals surface area contributed by atoms with E-state index >= 15 is 0 Å². The van der Waals surface area contributed by atoms with Crippen molar-refractivity contribution in [2.24, 2.45) is 0 Å². The maximum Gasteiger partial charge on any atom is 0.128 e. The van der Waals surface area contributed by atoms with Crippen molar-refractivity contribution in [3.8, 4) is 5.75 Å². The van der Waals surface area contributed by atoms with Gasteiger partial charge in [-0.05, 0) is 17.4 Å². The molecule has 0 heterocycles. The minimum Gasteiger partial charge on any atom is -0.496 e. The van der Waals surface area contributed by atoms with Gasteiger partial charge in [0.15, 0.2) is 0 Å². The van der Waals surface area contributed by atoms with E-state index in [1.54, 1.807) is 7.11 Å². The fourth-order valence-corrected chi connectivity index (χ4v) is 3.54. The van der Waals surface area contributed by atoms with Gasteiger partial charge in [0.1, 0.15) is 5.75 Å². The van der Waals surface area contributed by atoms with E-state index in [4.69, 9.17) is 16.0 Å². The second kappa shape index (κ2) is 6.69. The van der Waals surface area contributed by atoms with Crippen molar-refractivity contribution in [2.75, 3.05) is 7.11 Å². The van der Waals surface area contributed by atoms with Crippen molar-refractivity contribution < 1.29 is 4.74 Å². The summed E-state index contributed by atoms with van der Waals surface area (Å²) < 4.78 is 5.32. The van der Waals surface area contributed by atoms with Gasteiger partial charge in [0.25, 0.3) is 0 Å². The van der Waals surface area contributed by atoms with Gasteiger partial charge in [-0.3, -0.25) is 0 Å². The Morgan fingerprint density at radius 2 is 1.53 bits per heavy atom. The largest absolute Gasteiger partial charge is 0.496 e. The molecule has 0 spiro atoms. The van der Waals surface area contributed by atoms with Gasteiger partial charge in [-0.25, -0.2) is 0 Å². The summed E-state index contributed by atoms with van der Waals surface area (Å²) >= 11 is 6.50. The Morgan fingerprint density at radius 3 is 2.18 bits per heavy atom. The summed E-state index contributed by atoms with van der Waals surface area (Å²) in [5, 5.41) is 2.21. The van der Waals surface area contributed by atoms with Gasteiger partial charge in [0.05, 0.1) is 22.8 Å². The highest BCUT2D eigenvalue weighted by Gasteiger charge is 2.14. The summed E-state index contributed by atoms with van der Waals surface area (Å²) in [7, 11) is 0.820. The molecule has 1 unspecified atom stereocenters. The first kappa shape index (κ1) is 14.1. The molecule has 2 rings (SSSR count). The number of hydrogen-bond donors (Lipinski definition) is 0. The van der Waals surface area contributed by atoms with Crippen LogP contribution in [-0.4, -0.2) is 15.5 Å². The molecule has 0 aliphatic carbocycles. The van der Waals surface area contributed by atoms with E-state index in [0.717, 1.165) is 16.4 Å². The summed E-state index contributed by atoms with van der Waals surface area (Å²) in [5.74, 6) is 0.854. The molecule has 4 heteroatoms. The molecule has 0 radical (unpaired) electrons. The minimum absolute atomic E-state index is 0. The van der Waals surface area contributed by atoms with Crippen molar-refractivity contribution in [3.63, 3.8) is 0 Å². The van der Waals surface area contributed by atoms with E-state index < -0.39 is 7.27 Å². The molecule has 0 saturated heterocycles. The van der Waals surface area contributed by atoms with Crippen LogP contribution in [0.3, 0.4) is 0 Å². The maximum absolute atomic E-state index is 6.50. The van der Waals surface area contributed by atoms with Gasteiger partial charge in [0.2, 0.25) is 0 Å². The van der Waals surface area contributed by atoms with Crippen LogP contribution in [0.1, 0.15) is 0 Å². The zero-order chi connectivity index (χ0) is 11.4. The lowest BCUT2D eigenvalue weighted by atomic mass is 10.3. The lowest BCUT2D eigenvalue weighted by molar-refractivity contribution is 0.418. The van der Waals surface area contributed by atoms with Crippen molar-refractivity contribution in [2.45, 2.75) is 0 Å². The molecule has 1 nitrogen and oxygen atoms in total. The zero-order valence-electron chi connectivity index (χ0n) is 8.93. The minimum atomic E-state index is -0.850. The predicted molar refractivity (Wildman–Crippen MR) is 81.4 cm³/mol. The number of para-hydroxylation sites is 1. The van der Waals surface area contributed by atoms with Crippen LogP contribution in [0.5, 0.6) is 5.75 Å². The molecule has 17 heavy (non-hydrogen) atoms. The van der Waals surface area contributed by atoms with E-state index in [1.165, 1.54) is 0 Å². The molecule has 2 aromatic rings. The number of methoxy groups -OCH3 is 1. The van der Waals surface area contributed by atoms with Crippen LogP contribution >= 0.6 is 18.5 Å². The summed E-state index contributed by atoms with van der Waals surface area (Å²) in [6, 6.07) is 18.0. The standard InChI is InChI=1S/C13H12ClOP.BH3/c1-15-12-9-5-6-10-13(12)16(14)11-7-3-2-4-8-11;/h2-10H,1H3;1H3. The number of ether oxygens (including phenoxy) is 1. The van der Waals surface area contributed by atoms with E-state index in [9.17, 15) is 0 Å². The van der Waals surface area contributed by atoms with Crippen LogP contribution in [0.15, 0.2) is 54.6 Å². The molecule has 0 aliphatic rings. The summed E-state index contributed by atoms with van der Waals surface area (Å²) in [6.07, 6.45) is 0. The molecule has 2 aromatic carbocycles. The van der Waals surface area contributed by atoms with Crippen molar-refractivity contribution in [1.29, 1.82) is 0 Å². The van der Waals surface area contributed by atoms with Crippen LogP contribution in [-0.2, 0) is 0 Å². The normalized spacial score (nSPS) is 11.4. The Labute approximate surface area is 110 Å². The first-order chi connectivity index (χ1) is 7.83. The molecule has 0 amide bonds. The molecule has 0 bridgehead atoms. The number of hydrogen-bond acceptors (Lipinski definition) is 1. The average Bonchev–Trinajstić information content (AvgIpc) is 2.39. The van der Waals surface area contributed by atoms with Crippen LogP contribution in [0.25, 0.3) is 0 Å². The molecule has 0 N–H and O–H groups in total. The second-order valence-electron chi connectivity index (χ2n) is 3.29. The maximum atomic E-state index is 6.50. The van der Waals surface area contributed by atoms with Gasteiger partial charge in [-0.15, -0.1) is 0 Å². The van der Waals surface area contributed by atoms with Crippen LogP contribution in [0.2, 0.25) is 0 Å². The Hall–Kier alpha value is -0.975. The van der Waals surface area contributed by atoms with E-state index in [2.05, 4.69) is 0 Å². The summed E-state index contributed by atoms with van der Waals surface area (Å²) in [4.78, 5) is 0. The molecule has 0 saturated carbocycles. The third-order valence-electron chi connectivity index (χ3n) is 2.28. The van der Waals surface area contributed by atoms with Crippen LogP contribution < -0.4 is 15.3 Å². The van der Waals surface area contributed by atoms with Crippen molar-refractivity contribution in [3.05, 3.63) is 54.6 Å². The van der Waals surface area contributed by atoms with Crippen LogP contribution in [0.4, 0.5) is 0 Å². The first-order valence-corrected chi connectivity index (χ1v) is 7.21. The van der Waals surface area contributed by atoms with E-state index in [0.29, 0.717) is 0 Å². The van der Waals surface area contributed by atoms with E-state index in [1.807, 2.05) is 54.6 Å². The van der Waals surface area contributed by atoms with Gasteiger partial charge in [0, 0.05) is 5.30 Å². The quantitative estimate of drug-likeness (QED) is 0.609. The summed E-state index contributed by atoms with van der Waals surface area (Å²) in [6.45, 7) is 0. The molecule has 0 fully saturated rings. The second-order valence-corrected chi connectivity index (χ2v) is 5.86. The zero-order valence-corrected chi connectivity index (χ0v) is 10.6. The fourth-order valence-electron chi connectivity index (χ4n) is 1.49. The fraction of sp³-hybridized carbons (Fsp3) is 0.0769. The molecular weight excluding hydrogens is 249 g/mol. The monoisotopic (exact) mass is 264 g/mol. The van der Waals surface area contributed by atoms with Gasteiger partial charge >= 0.3 is 0 Å². The first-order valence-electron chi connectivity index (χ1n) is 4.97.